The van der Waals surface area contributed by atoms with Crippen LogP contribution in [0.5, 0.6) is 0 Å². The van der Waals surface area contributed by atoms with Crippen molar-refractivity contribution < 1.29 is 14.6 Å². The average Bonchev–Trinajstić information content (AvgIpc) is 2.61. The fourth-order valence-corrected chi connectivity index (χ4v) is 2.04. The molecule has 0 saturated carbocycles. The number of ether oxygens (including phenoxy) is 1. The maximum absolute atomic E-state index is 11.9. The quantitative estimate of drug-likeness (QED) is 0.479. The van der Waals surface area contributed by atoms with Crippen LogP contribution < -0.4 is 0 Å². The number of carbonyl (C=O) groups excluding carboxylic acids is 1. The van der Waals surface area contributed by atoms with E-state index in [1.807, 2.05) is 48.6 Å². The molecule has 0 saturated heterocycles. The number of carbonyl (C=O) groups is 1. The fraction of sp³-hybridized carbons (Fsp3) is 0.150. The Morgan fingerprint density at radius 3 is 2.35 bits per heavy atom. The molecular weight excluding hydrogens is 288 g/mol. The van der Waals surface area contributed by atoms with Gasteiger partial charge in [0.1, 0.15) is 6.10 Å². The van der Waals surface area contributed by atoms with E-state index in [1.165, 1.54) is 0 Å². The predicted octanol–water partition coefficient (Wildman–Crippen LogP) is 3.92. The lowest BCUT2D eigenvalue weighted by molar-refractivity contribution is -0.140. The molecule has 0 amide bonds. The molecule has 0 fully saturated rings. The molecular formula is C20H20O3. The van der Waals surface area contributed by atoms with E-state index in [9.17, 15) is 9.90 Å². The molecule has 0 aliphatic rings. The van der Waals surface area contributed by atoms with Crippen LogP contribution >= 0.6 is 0 Å². The standard InChI is InChI=1S/C20H20O3/c1-16(19(21)18-13-6-3-7-14-18)20(22)23-15-9-8-12-17-10-4-2-5-11-17/h2-8,10-14,19,21H,1,9,15H2/b12-8+. The predicted molar refractivity (Wildman–Crippen MR) is 91.6 cm³/mol. The molecule has 0 aliphatic carbocycles. The molecule has 3 nitrogen and oxygen atoms in total. The highest BCUT2D eigenvalue weighted by Crippen LogP contribution is 2.20. The van der Waals surface area contributed by atoms with Crippen molar-refractivity contribution in [3.63, 3.8) is 0 Å². The number of hydrogen-bond acceptors (Lipinski definition) is 3. The van der Waals surface area contributed by atoms with E-state index in [0.717, 1.165) is 5.56 Å². The monoisotopic (exact) mass is 308 g/mol. The lowest BCUT2D eigenvalue weighted by Crippen LogP contribution is -2.14. The Hall–Kier alpha value is -2.65. The molecule has 0 radical (unpaired) electrons. The molecule has 0 aromatic heterocycles. The van der Waals surface area contributed by atoms with E-state index < -0.39 is 12.1 Å². The summed E-state index contributed by atoms with van der Waals surface area (Å²) in [6.45, 7) is 3.89. The summed E-state index contributed by atoms with van der Waals surface area (Å²) < 4.78 is 5.13. The van der Waals surface area contributed by atoms with Crippen LogP contribution in [0.4, 0.5) is 0 Å². The number of rotatable bonds is 7. The average molecular weight is 308 g/mol. The van der Waals surface area contributed by atoms with Crippen LogP contribution in [0.1, 0.15) is 23.7 Å². The second-order valence-corrected chi connectivity index (χ2v) is 5.08. The van der Waals surface area contributed by atoms with Crippen LogP contribution in [0.25, 0.3) is 6.08 Å². The topological polar surface area (TPSA) is 46.5 Å². The molecule has 1 atom stereocenters. The van der Waals surface area contributed by atoms with Gasteiger partial charge in [0.15, 0.2) is 0 Å². The number of esters is 1. The molecule has 0 heterocycles. The SMILES string of the molecule is C=C(C(=O)OCC/C=C/c1ccccc1)C(O)c1ccccc1. The van der Waals surface area contributed by atoms with Gasteiger partial charge in [0.2, 0.25) is 0 Å². The maximum Gasteiger partial charge on any atom is 0.336 e. The van der Waals surface area contributed by atoms with E-state index in [0.29, 0.717) is 12.0 Å². The van der Waals surface area contributed by atoms with Crippen LogP contribution in [0, 0.1) is 0 Å². The van der Waals surface area contributed by atoms with Crippen LogP contribution in [-0.2, 0) is 9.53 Å². The molecule has 0 spiro atoms. The van der Waals surface area contributed by atoms with Gasteiger partial charge in [-0.05, 0) is 17.5 Å². The lowest BCUT2D eigenvalue weighted by atomic mass is 10.0. The lowest BCUT2D eigenvalue weighted by Gasteiger charge is -2.13. The van der Waals surface area contributed by atoms with Gasteiger partial charge < -0.3 is 9.84 Å². The summed E-state index contributed by atoms with van der Waals surface area (Å²) in [5, 5.41) is 10.1. The number of aliphatic hydroxyl groups is 1. The zero-order valence-corrected chi connectivity index (χ0v) is 12.9. The van der Waals surface area contributed by atoms with E-state index in [-0.39, 0.29) is 12.2 Å². The minimum atomic E-state index is -1.04. The highest BCUT2D eigenvalue weighted by atomic mass is 16.5. The van der Waals surface area contributed by atoms with Gasteiger partial charge in [0, 0.05) is 0 Å². The Balaban J connectivity index is 1.76. The van der Waals surface area contributed by atoms with Gasteiger partial charge in [-0.25, -0.2) is 4.79 Å². The van der Waals surface area contributed by atoms with Gasteiger partial charge >= 0.3 is 5.97 Å². The van der Waals surface area contributed by atoms with Crippen LogP contribution in [-0.4, -0.2) is 17.7 Å². The molecule has 2 rings (SSSR count). The largest absolute Gasteiger partial charge is 0.462 e. The van der Waals surface area contributed by atoms with Gasteiger partial charge in [0.05, 0.1) is 12.2 Å². The smallest absolute Gasteiger partial charge is 0.336 e. The summed E-state index contributed by atoms with van der Waals surface area (Å²) in [7, 11) is 0. The number of hydrogen-bond donors (Lipinski definition) is 1. The highest BCUT2D eigenvalue weighted by molar-refractivity contribution is 5.89. The third kappa shape index (κ3) is 5.24. The van der Waals surface area contributed by atoms with Crippen molar-refractivity contribution in [2.75, 3.05) is 6.61 Å². The number of aliphatic hydroxyl groups excluding tert-OH is 1. The van der Waals surface area contributed by atoms with Crippen LogP contribution in [0.2, 0.25) is 0 Å². The van der Waals surface area contributed by atoms with Crippen molar-refractivity contribution >= 4 is 12.0 Å². The first-order chi connectivity index (χ1) is 11.2. The summed E-state index contributed by atoms with van der Waals surface area (Å²) in [6, 6.07) is 18.8. The second-order valence-electron chi connectivity index (χ2n) is 5.08. The van der Waals surface area contributed by atoms with Crippen molar-refractivity contribution in [2.45, 2.75) is 12.5 Å². The van der Waals surface area contributed by atoms with Gasteiger partial charge in [-0.1, -0.05) is 79.4 Å². The molecule has 2 aromatic rings. The van der Waals surface area contributed by atoms with Gasteiger partial charge in [0.25, 0.3) is 0 Å². The van der Waals surface area contributed by atoms with Gasteiger partial charge in [-0.2, -0.15) is 0 Å². The fourth-order valence-electron chi connectivity index (χ4n) is 2.04. The zero-order valence-electron chi connectivity index (χ0n) is 12.9. The second kappa shape index (κ2) is 8.71. The summed E-state index contributed by atoms with van der Waals surface area (Å²) in [4.78, 5) is 11.9. The summed E-state index contributed by atoms with van der Waals surface area (Å²) in [6.07, 6.45) is 3.49. The number of benzene rings is 2. The first kappa shape index (κ1) is 16.7. The van der Waals surface area contributed by atoms with E-state index in [2.05, 4.69) is 6.58 Å². The Labute approximate surface area is 136 Å². The normalized spacial score (nSPS) is 12.0. The molecule has 0 bridgehead atoms. The van der Waals surface area contributed by atoms with Crippen LogP contribution in [0.3, 0.4) is 0 Å². The summed E-state index contributed by atoms with van der Waals surface area (Å²) in [5.74, 6) is -0.575. The van der Waals surface area contributed by atoms with Crippen molar-refractivity contribution in [1.29, 1.82) is 0 Å². The molecule has 118 valence electrons. The Morgan fingerprint density at radius 2 is 1.70 bits per heavy atom. The minimum absolute atomic E-state index is 0.0447. The molecule has 3 heteroatoms. The first-order valence-corrected chi connectivity index (χ1v) is 7.49. The third-order valence-electron chi connectivity index (χ3n) is 3.34. The molecule has 1 unspecified atom stereocenters. The minimum Gasteiger partial charge on any atom is -0.462 e. The Bertz CT molecular complexity index is 660. The van der Waals surface area contributed by atoms with E-state index in [1.54, 1.807) is 24.3 Å². The van der Waals surface area contributed by atoms with E-state index >= 15 is 0 Å². The maximum atomic E-state index is 11.9. The Morgan fingerprint density at radius 1 is 1.09 bits per heavy atom. The Kier molecular flexibility index (Phi) is 6.33. The molecule has 2 aromatic carbocycles. The molecule has 0 aliphatic heterocycles. The van der Waals surface area contributed by atoms with Crippen LogP contribution in [0.15, 0.2) is 78.9 Å². The molecule has 1 N–H and O–H groups in total. The van der Waals surface area contributed by atoms with Gasteiger partial charge in [-0.3, -0.25) is 0 Å². The van der Waals surface area contributed by atoms with Gasteiger partial charge in [-0.15, -0.1) is 0 Å². The first-order valence-electron chi connectivity index (χ1n) is 7.49. The zero-order chi connectivity index (χ0) is 16.5. The third-order valence-corrected chi connectivity index (χ3v) is 3.34. The van der Waals surface area contributed by atoms with E-state index in [4.69, 9.17) is 4.74 Å². The molecule has 23 heavy (non-hydrogen) atoms. The highest BCUT2D eigenvalue weighted by Gasteiger charge is 2.19. The van der Waals surface area contributed by atoms with Crippen molar-refractivity contribution in [3.05, 3.63) is 90.0 Å². The van der Waals surface area contributed by atoms with Crippen molar-refractivity contribution in [3.8, 4) is 0 Å². The van der Waals surface area contributed by atoms with Crippen molar-refractivity contribution in [2.24, 2.45) is 0 Å². The van der Waals surface area contributed by atoms with Crippen molar-refractivity contribution in [1.82, 2.24) is 0 Å². The summed E-state index contributed by atoms with van der Waals surface area (Å²) >= 11 is 0. The summed E-state index contributed by atoms with van der Waals surface area (Å²) in [5.41, 5.74) is 1.77.